The van der Waals surface area contributed by atoms with Crippen LogP contribution in [0.5, 0.6) is 0 Å². The minimum absolute atomic E-state index is 0.0606. The first-order valence-corrected chi connectivity index (χ1v) is 8.90. The van der Waals surface area contributed by atoms with Gasteiger partial charge in [-0.05, 0) is 47.8 Å². The Morgan fingerprint density at radius 2 is 1.71 bits per heavy atom. The van der Waals surface area contributed by atoms with Gasteiger partial charge in [-0.3, -0.25) is 9.59 Å². The van der Waals surface area contributed by atoms with Crippen LogP contribution in [0.1, 0.15) is 91.1 Å². The minimum Gasteiger partial charge on any atom is -0.388 e. The van der Waals surface area contributed by atoms with Crippen LogP contribution in [0.2, 0.25) is 0 Å². The van der Waals surface area contributed by atoms with Crippen molar-refractivity contribution in [1.29, 1.82) is 0 Å². The standard InChI is InChI=1S/C21H26O3/c1-10(2)13-8-14(11(3)4)18-16(9-13)20(23)15-6-12(5)7-17(22)19(15)21(18)24/h8-12,17,22H,6-7H2,1-5H3/t12-,17-/m0/s1. The highest BCUT2D eigenvalue weighted by molar-refractivity contribution is 6.28. The molecule has 0 radical (unpaired) electrons. The summed E-state index contributed by atoms with van der Waals surface area (Å²) in [7, 11) is 0. The van der Waals surface area contributed by atoms with E-state index in [0.717, 1.165) is 11.1 Å². The quantitative estimate of drug-likeness (QED) is 0.876. The van der Waals surface area contributed by atoms with E-state index in [1.165, 1.54) is 0 Å². The largest absolute Gasteiger partial charge is 0.388 e. The predicted molar refractivity (Wildman–Crippen MR) is 94.7 cm³/mol. The molecular formula is C21H26O3. The minimum atomic E-state index is -0.821. The summed E-state index contributed by atoms with van der Waals surface area (Å²) in [5.41, 5.74) is 3.96. The number of ketones is 2. The fraction of sp³-hybridized carbons (Fsp3) is 0.524. The van der Waals surface area contributed by atoms with Crippen molar-refractivity contribution >= 4 is 11.6 Å². The molecule has 3 nitrogen and oxygen atoms in total. The molecule has 0 saturated heterocycles. The first-order valence-electron chi connectivity index (χ1n) is 8.90. The molecule has 0 aliphatic heterocycles. The molecule has 2 aliphatic carbocycles. The van der Waals surface area contributed by atoms with Crippen molar-refractivity contribution in [1.82, 2.24) is 0 Å². The third-order valence-electron chi connectivity index (χ3n) is 5.31. The highest BCUT2D eigenvalue weighted by Gasteiger charge is 2.40. The topological polar surface area (TPSA) is 54.4 Å². The molecule has 0 unspecified atom stereocenters. The van der Waals surface area contributed by atoms with Crippen molar-refractivity contribution in [3.8, 4) is 0 Å². The van der Waals surface area contributed by atoms with E-state index in [1.54, 1.807) is 0 Å². The Bertz CT molecular complexity index is 753. The molecule has 128 valence electrons. The molecule has 0 bridgehead atoms. The molecule has 0 saturated carbocycles. The van der Waals surface area contributed by atoms with E-state index in [0.29, 0.717) is 41.0 Å². The number of rotatable bonds is 2. The molecule has 2 aliphatic rings. The maximum absolute atomic E-state index is 13.1. The molecule has 0 fully saturated rings. The third kappa shape index (κ3) is 2.55. The number of Topliss-reactive ketones (excluding diaryl/α,β-unsaturated/α-hetero) is 2. The first-order chi connectivity index (χ1) is 11.2. The molecule has 0 spiro atoms. The number of hydrogen-bond donors (Lipinski definition) is 1. The average molecular weight is 326 g/mol. The Morgan fingerprint density at radius 1 is 1.04 bits per heavy atom. The number of carbonyl (C=O) groups excluding carboxylic acids is 2. The summed E-state index contributed by atoms with van der Waals surface area (Å²) in [5, 5.41) is 10.4. The van der Waals surface area contributed by atoms with Crippen LogP contribution in [0, 0.1) is 5.92 Å². The summed E-state index contributed by atoms with van der Waals surface area (Å²) in [6.45, 7) is 10.3. The zero-order valence-electron chi connectivity index (χ0n) is 15.1. The third-order valence-corrected chi connectivity index (χ3v) is 5.31. The second kappa shape index (κ2) is 5.96. The van der Waals surface area contributed by atoms with E-state index in [1.807, 2.05) is 26.8 Å². The maximum Gasteiger partial charge on any atom is 0.193 e. The SMILES string of the molecule is CC(C)c1cc2c(c(C(C)C)c1)C(=O)C1=C(C[C@H](C)C[C@@H]1O)C2=O. The van der Waals surface area contributed by atoms with Gasteiger partial charge in [0.25, 0.3) is 0 Å². The molecule has 0 aromatic heterocycles. The van der Waals surface area contributed by atoms with Gasteiger partial charge in [-0.2, -0.15) is 0 Å². The first kappa shape index (κ1) is 17.1. The molecule has 1 aromatic carbocycles. The second-order valence-electron chi connectivity index (χ2n) is 7.95. The van der Waals surface area contributed by atoms with Gasteiger partial charge in [0.1, 0.15) is 0 Å². The van der Waals surface area contributed by atoms with Gasteiger partial charge in [-0.15, -0.1) is 0 Å². The van der Waals surface area contributed by atoms with Crippen molar-refractivity contribution in [2.24, 2.45) is 5.92 Å². The monoisotopic (exact) mass is 326 g/mol. The van der Waals surface area contributed by atoms with Crippen LogP contribution in [0.4, 0.5) is 0 Å². The Morgan fingerprint density at radius 3 is 2.29 bits per heavy atom. The molecule has 0 heterocycles. The molecule has 1 aromatic rings. The van der Waals surface area contributed by atoms with Gasteiger partial charge >= 0.3 is 0 Å². The molecule has 2 atom stereocenters. The van der Waals surface area contributed by atoms with Crippen LogP contribution in [-0.4, -0.2) is 22.8 Å². The van der Waals surface area contributed by atoms with Gasteiger partial charge in [0.15, 0.2) is 11.6 Å². The molecule has 24 heavy (non-hydrogen) atoms. The van der Waals surface area contributed by atoms with Gasteiger partial charge in [-0.25, -0.2) is 0 Å². The summed E-state index contributed by atoms with van der Waals surface area (Å²) >= 11 is 0. The molecular weight excluding hydrogens is 300 g/mol. The smallest absolute Gasteiger partial charge is 0.193 e. The van der Waals surface area contributed by atoms with Gasteiger partial charge in [-0.1, -0.05) is 40.7 Å². The number of allylic oxidation sites excluding steroid dienone is 1. The second-order valence-corrected chi connectivity index (χ2v) is 7.95. The number of aliphatic hydroxyl groups is 1. The van der Waals surface area contributed by atoms with Gasteiger partial charge in [0.05, 0.1) is 6.10 Å². The van der Waals surface area contributed by atoms with E-state index < -0.39 is 6.10 Å². The Hall–Kier alpha value is -1.74. The summed E-state index contributed by atoms with van der Waals surface area (Å²) in [6.07, 6.45) is 0.311. The molecule has 3 heteroatoms. The van der Waals surface area contributed by atoms with Gasteiger partial charge < -0.3 is 5.11 Å². The Balaban J connectivity index is 2.27. The lowest BCUT2D eigenvalue weighted by atomic mass is 9.71. The molecule has 1 N–H and O–H groups in total. The number of aliphatic hydroxyl groups excluding tert-OH is 1. The maximum atomic E-state index is 13.1. The Kier molecular flexibility index (Phi) is 4.25. The average Bonchev–Trinajstić information content (AvgIpc) is 2.50. The van der Waals surface area contributed by atoms with Crippen LogP contribution in [0.3, 0.4) is 0 Å². The number of carbonyl (C=O) groups is 2. The zero-order valence-corrected chi connectivity index (χ0v) is 15.1. The van der Waals surface area contributed by atoms with Crippen molar-refractivity contribution < 1.29 is 14.7 Å². The van der Waals surface area contributed by atoms with Gasteiger partial charge in [0, 0.05) is 22.3 Å². The lowest BCUT2D eigenvalue weighted by Crippen LogP contribution is -2.35. The summed E-state index contributed by atoms with van der Waals surface area (Å²) < 4.78 is 0. The normalized spacial score (nSPS) is 23.8. The van der Waals surface area contributed by atoms with Crippen LogP contribution in [0.25, 0.3) is 0 Å². The predicted octanol–water partition coefficient (Wildman–Crippen LogP) is 4.40. The van der Waals surface area contributed by atoms with Crippen molar-refractivity contribution in [2.45, 2.75) is 65.4 Å². The van der Waals surface area contributed by atoms with Crippen molar-refractivity contribution in [3.05, 3.63) is 45.5 Å². The van der Waals surface area contributed by atoms with E-state index >= 15 is 0 Å². The summed E-state index contributed by atoms with van der Waals surface area (Å²) in [4.78, 5) is 26.3. The fourth-order valence-corrected chi connectivity index (χ4v) is 3.95. The van der Waals surface area contributed by atoms with Gasteiger partial charge in [0.2, 0.25) is 0 Å². The van der Waals surface area contributed by atoms with Crippen LogP contribution < -0.4 is 0 Å². The van der Waals surface area contributed by atoms with E-state index in [2.05, 4.69) is 19.9 Å². The highest BCUT2D eigenvalue weighted by Crippen LogP contribution is 2.41. The highest BCUT2D eigenvalue weighted by atomic mass is 16.3. The zero-order chi connectivity index (χ0) is 17.8. The summed E-state index contributed by atoms with van der Waals surface area (Å²) in [5.74, 6) is 0.459. The van der Waals surface area contributed by atoms with E-state index in [4.69, 9.17) is 0 Å². The van der Waals surface area contributed by atoms with E-state index in [-0.39, 0.29) is 23.4 Å². The molecule has 3 rings (SSSR count). The number of hydrogen-bond acceptors (Lipinski definition) is 3. The van der Waals surface area contributed by atoms with Crippen LogP contribution in [-0.2, 0) is 0 Å². The number of fused-ring (bicyclic) bond motifs is 1. The fourth-order valence-electron chi connectivity index (χ4n) is 3.95. The molecule has 0 amide bonds. The van der Waals surface area contributed by atoms with Crippen molar-refractivity contribution in [2.75, 3.05) is 0 Å². The summed E-state index contributed by atoms with van der Waals surface area (Å²) in [6, 6.07) is 3.95. The van der Waals surface area contributed by atoms with Crippen LogP contribution >= 0.6 is 0 Å². The Labute approximate surface area is 143 Å². The van der Waals surface area contributed by atoms with Crippen LogP contribution in [0.15, 0.2) is 23.3 Å². The lowest BCUT2D eigenvalue weighted by molar-refractivity contribution is 0.0892. The van der Waals surface area contributed by atoms with Crippen molar-refractivity contribution in [3.63, 3.8) is 0 Å². The lowest BCUT2D eigenvalue weighted by Gasteiger charge is -2.33. The number of benzene rings is 1. The van der Waals surface area contributed by atoms with E-state index in [9.17, 15) is 14.7 Å².